The van der Waals surface area contributed by atoms with Crippen LogP contribution < -0.4 is 11.1 Å². The molecule has 0 spiro atoms. The van der Waals surface area contributed by atoms with Gasteiger partial charge in [0.05, 0.1) is 11.6 Å². The summed E-state index contributed by atoms with van der Waals surface area (Å²) in [6.07, 6.45) is 1.38. The lowest BCUT2D eigenvalue weighted by molar-refractivity contribution is -0.116. The molecule has 0 aliphatic rings. The second-order valence-corrected chi connectivity index (χ2v) is 3.54. The van der Waals surface area contributed by atoms with Crippen LogP contribution >= 0.6 is 0 Å². The van der Waals surface area contributed by atoms with E-state index in [1.54, 1.807) is 24.3 Å². The number of nitriles is 1. The van der Waals surface area contributed by atoms with E-state index >= 15 is 0 Å². The molecule has 0 unspecified atom stereocenters. The van der Waals surface area contributed by atoms with Gasteiger partial charge in [-0.15, -0.1) is 5.10 Å². The number of aromatic nitrogens is 3. The lowest BCUT2D eigenvalue weighted by Crippen LogP contribution is -2.19. The highest BCUT2D eigenvalue weighted by molar-refractivity contribution is 5.90. The maximum Gasteiger partial charge on any atom is 0.246 e. The Balaban J connectivity index is 2.01. The minimum absolute atomic E-state index is 0.0149. The van der Waals surface area contributed by atoms with E-state index in [2.05, 4.69) is 15.4 Å². The number of nitrogens with two attached hydrogens (primary N) is 1. The van der Waals surface area contributed by atoms with Crippen LogP contribution in [0.2, 0.25) is 0 Å². The fraction of sp³-hybridized carbons (Fsp3) is 0.0909. The average Bonchev–Trinajstić information content (AvgIpc) is 2.74. The molecular weight excluding hydrogens is 232 g/mol. The molecule has 7 heteroatoms. The van der Waals surface area contributed by atoms with Crippen LogP contribution in [-0.2, 0) is 11.3 Å². The van der Waals surface area contributed by atoms with Gasteiger partial charge in [0, 0.05) is 5.69 Å². The third-order valence-corrected chi connectivity index (χ3v) is 2.14. The minimum Gasteiger partial charge on any atom is -0.367 e. The highest BCUT2D eigenvalue weighted by Gasteiger charge is 2.05. The van der Waals surface area contributed by atoms with Gasteiger partial charge >= 0.3 is 0 Å². The predicted octanol–water partition coefficient (Wildman–Crippen LogP) is 0.371. The Bertz CT molecular complexity index is 612. The molecule has 0 aliphatic heterocycles. The topological polar surface area (TPSA) is 110 Å². The maximum absolute atomic E-state index is 11.7. The van der Waals surface area contributed by atoms with E-state index in [4.69, 9.17) is 11.0 Å². The molecule has 2 rings (SSSR count). The highest BCUT2D eigenvalue weighted by Crippen LogP contribution is 2.09. The first-order valence-corrected chi connectivity index (χ1v) is 5.12. The number of carbonyl (C=O) groups excluding carboxylic acids is 1. The molecule has 1 aromatic carbocycles. The Labute approximate surface area is 103 Å². The number of hydrogen-bond donors (Lipinski definition) is 2. The van der Waals surface area contributed by atoms with Gasteiger partial charge in [-0.25, -0.2) is 9.67 Å². The van der Waals surface area contributed by atoms with Crippen LogP contribution in [0, 0.1) is 11.3 Å². The first-order chi connectivity index (χ1) is 8.67. The summed E-state index contributed by atoms with van der Waals surface area (Å²) >= 11 is 0. The first kappa shape index (κ1) is 11.6. The van der Waals surface area contributed by atoms with Crippen LogP contribution in [0.4, 0.5) is 11.6 Å². The summed E-state index contributed by atoms with van der Waals surface area (Å²) in [7, 11) is 0. The van der Waals surface area contributed by atoms with Crippen molar-refractivity contribution in [1.29, 1.82) is 5.26 Å². The number of anilines is 2. The number of benzene rings is 1. The van der Waals surface area contributed by atoms with Crippen LogP contribution in [0.15, 0.2) is 30.6 Å². The van der Waals surface area contributed by atoms with E-state index < -0.39 is 0 Å². The fourth-order valence-electron chi connectivity index (χ4n) is 1.40. The van der Waals surface area contributed by atoms with E-state index in [1.807, 2.05) is 6.07 Å². The number of amides is 1. The Morgan fingerprint density at radius 3 is 3.06 bits per heavy atom. The zero-order chi connectivity index (χ0) is 13.0. The molecule has 1 aromatic heterocycles. The second kappa shape index (κ2) is 4.97. The third kappa shape index (κ3) is 2.82. The molecule has 0 saturated carbocycles. The zero-order valence-electron chi connectivity index (χ0n) is 9.37. The van der Waals surface area contributed by atoms with Crippen LogP contribution in [0.5, 0.6) is 0 Å². The van der Waals surface area contributed by atoms with E-state index in [0.717, 1.165) is 0 Å². The molecule has 3 N–H and O–H groups in total. The summed E-state index contributed by atoms with van der Waals surface area (Å²) < 4.78 is 1.33. The number of hydrogen-bond acceptors (Lipinski definition) is 5. The highest BCUT2D eigenvalue weighted by atomic mass is 16.2. The smallest absolute Gasteiger partial charge is 0.246 e. The fourth-order valence-corrected chi connectivity index (χ4v) is 1.40. The van der Waals surface area contributed by atoms with Crippen molar-refractivity contribution >= 4 is 17.5 Å². The van der Waals surface area contributed by atoms with Crippen LogP contribution in [0.1, 0.15) is 5.56 Å². The molecule has 0 fully saturated rings. The molecule has 18 heavy (non-hydrogen) atoms. The number of rotatable bonds is 3. The molecule has 2 aromatic rings. The van der Waals surface area contributed by atoms with Crippen LogP contribution in [0.25, 0.3) is 0 Å². The predicted molar refractivity (Wildman–Crippen MR) is 64.2 cm³/mol. The van der Waals surface area contributed by atoms with Crippen LogP contribution in [0.3, 0.4) is 0 Å². The Morgan fingerprint density at radius 1 is 1.56 bits per heavy atom. The van der Waals surface area contributed by atoms with Gasteiger partial charge in [-0.3, -0.25) is 4.79 Å². The van der Waals surface area contributed by atoms with Gasteiger partial charge in [0.1, 0.15) is 12.9 Å². The van der Waals surface area contributed by atoms with E-state index in [9.17, 15) is 4.79 Å². The molecule has 0 atom stereocenters. The molecule has 0 aliphatic carbocycles. The summed E-state index contributed by atoms with van der Waals surface area (Å²) in [4.78, 5) is 15.4. The molecule has 1 heterocycles. The van der Waals surface area contributed by atoms with Gasteiger partial charge in [-0.2, -0.15) is 5.26 Å². The summed E-state index contributed by atoms with van der Waals surface area (Å²) in [5.74, 6) is -0.149. The largest absolute Gasteiger partial charge is 0.367 e. The maximum atomic E-state index is 11.7. The van der Waals surface area contributed by atoms with Gasteiger partial charge in [-0.1, -0.05) is 6.07 Å². The Morgan fingerprint density at radius 2 is 2.39 bits per heavy atom. The summed E-state index contributed by atoms with van der Waals surface area (Å²) in [6, 6.07) is 8.65. The normalized spacial score (nSPS) is 9.72. The van der Waals surface area contributed by atoms with Gasteiger partial charge in [0.15, 0.2) is 0 Å². The van der Waals surface area contributed by atoms with Crippen molar-refractivity contribution < 1.29 is 4.79 Å². The molecule has 90 valence electrons. The summed E-state index contributed by atoms with van der Waals surface area (Å²) in [6.45, 7) is 0.0149. The number of nitrogen functional groups attached to an aromatic ring is 1. The lowest BCUT2D eigenvalue weighted by atomic mass is 10.2. The first-order valence-electron chi connectivity index (χ1n) is 5.12. The molecular formula is C11H10N6O. The van der Waals surface area contributed by atoms with Crippen molar-refractivity contribution in [2.75, 3.05) is 11.1 Å². The van der Waals surface area contributed by atoms with Gasteiger partial charge < -0.3 is 11.1 Å². The molecule has 0 saturated heterocycles. The molecule has 0 bridgehead atoms. The minimum atomic E-state index is -0.269. The zero-order valence-corrected chi connectivity index (χ0v) is 9.37. The quantitative estimate of drug-likeness (QED) is 0.808. The molecule has 1 amide bonds. The van der Waals surface area contributed by atoms with Crippen LogP contribution in [-0.4, -0.2) is 20.7 Å². The van der Waals surface area contributed by atoms with Crippen molar-refractivity contribution in [2.24, 2.45) is 0 Å². The van der Waals surface area contributed by atoms with Gasteiger partial charge in [-0.05, 0) is 18.2 Å². The lowest BCUT2D eigenvalue weighted by Gasteiger charge is -2.04. The molecule has 0 radical (unpaired) electrons. The monoisotopic (exact) mass is 242 g/mol. The standard InChI is InChI=1S/C11H10N6O/c12-5-8-2-1-3-9(4-8)15-10(18)6-17-7-14-11(13)16-17/h1-4,7H,6H2,(H2,13,16)(H,15,18). The number of nitrogens with one attached hydrogen (secondary N) is 1. The van der Waals surface area contributed by atoms with E-state index in [-0.39, 0.29) is 18.4 Å². The SMILES string of the molecule is N#Cc1cccc(NC(=O)Cn2cnc(N)n2)c1. The van der Waals surface area contributed by atoms with Crippen molar-refractivity contribution in [1.82, 2.24) is 14.8 Å². The number of carbonyl (C=O) groups is 1. The van der Waals surface area contributed by atoms with Crippen molar-refractivity contribution in [3.63, 3.8) is 0 Å². The summed E-state index contributed by atoms with van der Waals surface area (Å²) in [5.41, 5.74) is 6.38. The van der Waals surface area contributed by atoms with Crippen molar-refractivity contribution in [2.45, 2.75) is 6.54 Å². The summed E-state index contributed by atoms with van der Waals surface area (Å²) in [5, 5.41) is 15.2. The van der Waals surface area contributed by atoms with Crippen molar-refractivity contribution in [3.8, 4) is 6.07 Å². The van der Waals surface area contributed by atoms with Gasteiger partial charge in [0.25, 0.3) is 0 Å². The number of nitrogens with zero attached hydrogens (tertiary/aromatic N) is 4. The van der Waals surface area contributed by atoms with Crippen molar-refractivity contribution in [3.05, 3.63) is 36.2 Å². The van der Waals surface area contributed by atoms with Gasteiger partial charge in [0.2, 0.25) is 11.9 Å². The average molecular weight is 242 g/mol. The Kier molecular flexibility index (Phi) is 3.20. The van der Waals surface area contributed by atoms with E-state index in [0.29, 0.717) is 11.3 Å². The second-order valence-electron chi connectivity index (χ2n) is 3.54. The molecule has 7 nitrogen and oxygen atoms in total. The Hall–Kier alpha value is -2.88. The van der Waals surface area contributed by atoms with E-state index in [1.165, 1.54) is 11.0 Å². The third-order valence-electron chi connectivity index (χ3n) is 2.14.